The third kappa shape index (κ3) is 3.48. The van der Waals surface area contributed by atoms with Crippen molar-refractivity contribution in [2.75, 3.05) is 26.2 Å². The van der Waals surface area contributed by atoms with Crippen molar-refractivity contribution in [2.45, 2.75) is 42.0 Å². The van der Waals surface area contributed by atoms with Crippen LogP contribution in [0.3, 0.4) is 0 Å². The second kappa shape index (κ2) is 7.10. The number of piperazine rings is 1. The van der Waals surface area contributed by atoms with E-state index in [2.05, 4.69) is 37.4 Å². The van der Waals surface area contributed by atoms with Gasteiger partial charge in [0.25, 0.3) is 0 Å². The Morgan fingerprint density at radius 2 is 1.88 bits per heavy atom. The fourth-order valence-electron chi connectivity index (χ4n) is 4.09. The molecule has 4 rings (SSSR count). The van der Waals surface area contributed by atoms with Crippen molar-refractivity contribution in [1.29, 1.82) is 0 Å². The van der Waals surface area contributed by atoms with Crippen LogP contribution in [-0.4, -0.2) is 26.2 Å². The molecule has 3 N–H and O–H groups in total. The van der Waals surface area contributed by atoms with Crippen LogP contribution in [-0.2, 0) is 6.42 Å². The van der Waals surface area contributed by atoms with Crippen LogP contribution in [0.4, 0.5) is 4.39 Å². The van der Waals surface area contributed by atoms with E-state index in [1.54, 1.807) is 28.8 Å². The number of benzene rings is 2. The first-order chi connectivity index (χ1) is 12.1. The molecule has 1 saturated heterocycles. The van der Waals surface area contributed by atoms with Crippen LogP contribution in [0.5, 0.6) is 0 Å². The molecular weight excluding hydrogens is 331 g/mol. The molecule has 0 amide bonds. The molecule has 25 heavy (non-hydrogen) atoms. The van der Waals surface area contributed by atoms with Gasteiger partial charge in [-0.1, -0.05) is 37.7 Å². The molecule has 2 aliphatic rings. The number of hydrogen-bond donors (Lipinski definition) is 2. The minimum Gasteiger partial charge on any atom is -0.337 e. The zero-order chi connectivity index (χ0) is 17.4. The maximum atomic E-state index is 13.8. The van der Waals surface area contributed by atoms with E-state index in [0.29, 0.717) is 12.0 Å². The van der Waals surface area contributed by atoms with Crippen molar-refractivity contribution in [3.8, 4) is 0 Å². The predicted molar refractivity (Wildman–Crippen MR) is 99.9 cm³/mol. The van der Waals surface area contributed by atoms with Gasteiger partial charge in [0.1, 0.15) is 38.0 Å². The van der Waals surface area contributed by atoms with Crippen molar-refractivity contribution in [3.63, 3.8) is 0 Å². The topological polar surface area (TPSA) is 21.1 Å². The highest BCUT2D eigenvalue weighted by Gasteiger charge is 2.32. The normalized spacial score (nSPS) is 20.9. The second-order valence-electron chi connectivity index (χ2n) is 7.59. The zero-order valence-electron chi connectivity index (χ0n) is 15.0. The van der Waals surface area contributed by atoms with Gasteiger partial charge < -0.3 is 10.2 Å². The van der Waals surface area contributed by atoms with Gasteiger partial charge in [-0.15, -0.1) is 0 Å². The Balaban J connectivity index is 1.81. The minimum atomic E-state index is -0.134. The van der Waals surface area contributed by atoms with Crippen LogP contribution in [0, 0.1) is 5.82 Å². The lowest BCUT2D eigenvalue weighted by Crippen LogP contribution is -3.20. The predicted octanol–water partition coefficient (Wildman–Crippen LogP) is 2.16. The van der Waals surface area contributed by atoms with Crippen molar-refractivity contribution in [1.82, 2.24) is 0 Å². The molecule has 0 aliphatic carbocycles. The lowest BCUT2D eigenvalue weighted by Gasteiger charge is -2.31. The molecular formula is C21H27FN2S+2. The molecule has 132 valence electrons. The first kappa shape index (κ1) is 17.1. The van der Waals surface area contributed by atoms with Gasteiger partial charge in [0.05, 0.1) is 0 Å². The Hall–Kier alpha value is -1.36. The molecule has 2 heterocycles. The van der Waals surface area contributed by atoms with Gasteiger partial charge >= 0.3 is 0 Å². The molecule has 0 bridgehead atoms. The summed E-state index contributed by atoms with van der Waals surface area (Å²) < 4.78 is 13.8. The van der Waals surface area contributed by atoms with Gasteiger partial charge in [-0.25, -0.2) is 4.39 Å². The Bertz CT molecular complexity index is 768. The van der Waals surface area contributed by atoms with Gasteiger partial charge in [-0.2, -0.15) is 0 Å². The summed E-state index contributed by atoms with van der Waals surface area (Å²) in [5, 5.41) is 2.42. The van der Waals surface area contributed by atoms with E-state index in [-0.39, 0.29) is 5.82 Å². The molecule has 1 fully saturated rings. The van der Waals surface area contributed by atoms with Gasteiger partial charge in [0.2, 0.25) is 0 Å². The summed E-state index contributed by atoms with van der Waals surface area (Å²) in [6.45, 7) is 9.33. The van der Waals surface area contributed by atoms with Gasteiger partial charge in [0.15, 0.2) is 0 Å². The molecule has 0 radical (unpaired) electrons. The monoisotopic (exact) mass is 358 g/mol. The number of nitrogens with one attached hydrogen (secondary N) is 1. The van der Waals surface area contributed by atoms with E-state index in [1.807, 2.05) is 6.07 Å². The maximum absolute atomic E-state index is 13.8. The maximum Gasteiger partial charge on any atom is 0.127 e. The molecule has 2 aromatic rings. The van der Waals surface area contributed by atoms with E-state index < -0.39 is 0 Å². The summed E-state index contributed by atoms with van der Waals surface area (Å²) in [6.07, 6.45) is 1.01. The summed E-state index contributed by atoms with van der Waals surface area (Å²) in [5.41, 5.74) is 4.16. The average Bonchev–Trinajstić information content (AvgIpc) is 2.78. The molecule has 2 aromatic carbocycles. The van der Waals surface area contributed by atoms with Crippen LogP contribution in [0.15, 0.2) is 46.2 Å². The highest BCUT2D eigenvalue weighted by Crippen LogP contribution is 2.41. The van der Waals surface area contributed by atoms with Crippen LogP contribution in [0.2, 0.25) is 0 Å². The molecule has 2 nitrogen and oxygen atoms in total. The third-order valence-corrected chi connectivity index (χ3v) is 6.77. The SMILES string of the molecule is CC(C)c1ccc2c(c1)[C@H]([NH+]1CC[NH2+]CC1)Cc1ccc(F)cc1S2. The van der Waals surface area contributed by atoms with Crippen molar-refractivity contribution < 1.29 is 14.6 Å². The number of hydrogen-bond acceptors (Lipinski definition) is 1. The Morgan fingerprint density at radius 1 is 1.08 bits per heavy atom. The zero-order valence-corrected chi connectivity index (χ0v) is 15.8. The van der Waals surface area contributed by atoms with Crippen molar-refractivity contribution in [2.24, 2.45) is 0 Å². The number of halogens is 1. The fourth-order valence-corrected chi connectivity index (χ4v) is 5.23. The molecule has 0 unspecified atom stereocenters. The first-order valence-corrected chi connectivity index (χ1v) is 10.2. The fraction of sp³-hybridized carbons (Fsp3) is 0.429. The highest BCUT2D eigenvalue weighted by molar-refractivity contribution is 7.99. The first-order valence-electron chi connectivity index (χ1n) is 9.38. The average molecular weight is 359 g/mol. The van der Waals surface area contributed by atoms with E-state index in [0.717, 1.165) is 11.3 Å². The lowest BCUT2D eigenvalue weighted by molar-refractivity contribution is -0.972. The van der Waals surface area contributed by atoms with E-state index >= 15 is 0 Å². The number of fused-ring (bicyclic) bond motifs is 2. The summed E-state index contributed by atoms with van der Waals surface area (Å²) >= 11 is 1.74. The number of nitrogens with two attached hydrogens (primary N) is 1. The molecule has 2 aliphatic heterocycles. The quantitative estimate of drug-likeness (QED) is 0.843. The van der Waals surface area contributed by atoms with E-state index in [4.69, 9.17) is 0 Å². The number of quaternary nitrogens is 2. The highest BCUT2D eigenvalue weighted by atomic mass is 32.2. The van der Waals surface area contributed by atoms with Crippen LogP contribution >= 0.6 is 11.8 Å². The van der Waals surface area contributed by atoms with Crippen molar-refractivity contribution in [3.05, 3.63) is 58.9 Å². The molecule has 1 atom stereocenters. The van der Waals surface area contributed by atoms with Gasteiger partial charge in [0, 0.05) is 21.8 Å². The van der Waals surface area contributed by atoms with Crippen LogP contribution in [0.1, 0.15) is 42.5 Å². The second-order valence-corrected chi connectivity index (χ2v) is 8.67. The Labute approximate surface area is 153 Å². The Kier molecular flexibility index (Phi) is 4.85. The smallest absolute Gasteiger partial charge is 0.127 e. The summed E-state index contributed by atoms with van der Waals surface area (Å²) in [5.74, 6) is 0.397. The molecule has 0 spiro atoms. The molecule has 0 saturated carbocycles. The minimum absolute atomic E-state index is 0.134. The molecule has 4 heteroatoms. The van der Waals surface area contributed by atoms with Gasteiger partial charge in [-0.05, 0) is 41.3 Å². The lowest BCUT2D eigenvalue weighted by atomic mass is 9.93. The van der Waals surface area contributed by atoms with Crippen molar-refractivity contribution >= 4 is 11.8 Å². The largest absolute Gasteiger partial charge is 0.337 e. The third-order valence-electron chi connectivity index (χ3n) is 5.58. The molecule has 0 aromatic heterocycles. The number of rotatable bonds is 2. The standard InChI is InChI=1S/C21H25FN2S/c1-14(2)15-4-6-20-18(11-15)19(24-9-7-23-8-10-24)12-16-3-5-17(22)13-21(16)25-20/h3-6,11,13-14,19,23H,7-10,12H2,1-2H3/p+2/t19-/m1/s1. The van der Waals surface area contributed by atoms with Crippen LogP contribution < -0.4 is 10.2 Å². The van der Waals surface area contributed by atoms with E-state index in [1.165, 1.54) is 47.8 Å². The van der Waals surface area contributed by atoms with Gasteiger partial charge in [-0.3, -0.25) is 0 Å². The summed E-state index contributed by atoms with van der Waals surface area (Å²) in [4.78, 5) is 4.08. The van der Waals surface area contributed by atoms with E-state index in [9.17, 15) is 4.39 Å². The summed E-state index contributed by atoms with van der Waals surface area (Å²) in [7, 11) is 0. The Morgan fingerprint density at radius 3 is 2.64 bits per heavy atom. The summed E-state index contributed by atoms with van der Waals surface area (Å²) in [6, 6.07) is 12.7. The van der Waals surface area contributed by atoms with Crippen LogP contribution in [0.25, 0.3) is 0 Å².